The zero-order valence-electron chi connectivity index (χ0n) is 15.6. The first-order chi connectivity index (χ1) is 13.2. The zero-order valence-corrected chi connectivity index (χ0v) is 15.6. The highest BCUT2D eigenvalue weighted by Crippen LogP contribution is 2.14. The van der Waals surface area contributed by atoms with Gasteiger partial charge in [0, 0.05) is 5.69 Å². The number of ether oxygens (including phenoxy) is 1. The van der Waals surface area contributed by atoms with E-state index in [2.05, 4.69) is 34.6 Å². The monoisotopic (exact) mass is 359 g/mol. The van der Waals surface area contributed by atoms with Crippen molar-refractivity contribution in [2.45, 2.75) is 26.7 Å². The Morgan fingerprint density at radius 3 is 2.41 bits per heavy atom. The van der Waals surface area contributed by atoms with Gasteiger partial charge in [0.25, 0.3) is 0 Å². The van der Waals surface area contributed by atoms with Crippen molar-refractivity contribution in [2.24, 2.45) is 10.7 Å². The molecular formula is C23H25N3O. The first-order valence-corrected chi connectivity index (χ1v) is 9.03. The number of aliphatic imine (C=N–C) groups is 1. The largest absolute Gasteiger partial charge is 0.372 e. The maximum atomic E-state index is 6.04. The molecule has 0 saturated heterocycles. The van der Waals surface area contributed by atoms with E-state index in [4.69, 9.17) is 10.5 Å². The maximum absolute atomic E-state index is 6.04. The van der Waals surface area contributed by atoms with Crippen molar-refractivity contribution in [1.82, 2.24) is 0 Å². The van der Waals surface area contributed by atoms with Crippen LogP contribution < -0.4 is 11.1 Å². The third-order valence-electron chi connectivity index (χ3n) is 4.20. The second kappa shape index (κ2) is 9.55. The van der Waals surface area contributed by atoms with Gasteiger partial charge in [0.1, 0.15) is 0 Å². The van der Waals surface area contributed by atoms with E-state index in [1.807, 2.05) is 61.5 Å². The number of nitrogens with zero attached hydrogens (tertiary/aromatic N) is 1. The van der Waals surface area contributed by atoms with E-state index in [0.717, 1.165) is 16.8 Å². The molecule has 4 heteroatoms. The van der Waals surface area contributed by atoms with Crippen molar-refractivity contribution in [3.8, 4) is 0 Å². The van der Waals surface area contributed by atoms with Crippen molar-refractivity contribution < 1.29 is 4.74 Å². The Hall–Kier alpha value is -3.11. The molecule has 138 valence electrons. The number of aryl methyl sites for hydroxylation is 1. The molecule has 3 aromatic carbocycles. The Bertz CT molecular complexity index is 891. The number of guanidine groups is 1. The number of hydrogen-bond acceptors (Lipinski definition) is 2. The Labute approximate surface area is 160 Å². The van der Waals surface area contributed by atoms with Crippen LogP contribution in [0.5, 0.6) is 0 Å². The molecule has 4 nitrogen and oxygen atoms in total. The molecular weight excluding hydrogens is 334 g/mol. The smallest absolute Gasteiger partial charge is 0.193 e. The Kier molecular flexibility index (Phi) is 6.61. The van der Waals surface area contributed by atoms with Crippen LogP contribution in [0.2, 0.25) is 0 Å². The summed E-state index contributed by atoms with van der Waals surface area (Å²) in [4.78, 5) is 4.47. The Balaban J connectivity index is 1.58. The van der Waals surface area contributed by atoms with Gasteiger partial charge in [-0.1, -0.05) is 66.7 Å². The molecule has 0 aliphatic carbocycles. The van der Waals surface area contributed by atoms with Gasteiger partial charge in [-0.05, 0) is 41.3 Å². The summed E-state index contributed by atoms with van der Waals surface area (Å²) in [5, 5.41) is 3.13. The van der Waals surface area contributed by atoms with E-state index < -0.39 is 0 Å². The summed E-state index contributed by atoms with van der Waals surface area (Å²) < 4.78 is 5.87. The highest BCUT2D eigenvalue weighted by Gasteiger charge is 2.03. The Morgan fingerprint density at radius 1 is 0.889 bits per heavy atom. The summed E-state index contributed by atoms with van der Waals surface area (Å²) in [5.74, 6) is 0.403. The average Bonchev–Trinajstić information content (AvgIpc) is 2.68. The third kappa shape index (κ3) is 5.97. The highest BCUT2D eigenvalue weighted by atomic mass is 16.5. The quantitative estimate of drug-likeness (QED) is 0.477. The number of benzene rings is 3. The molecule has 3 aromatic rings. The lowest BCUT2D eigenvalue weighted by Gasteiger charge is -2.10. The standard InChI is InChI=1S/C23H25N3O/c1-18-8-7-13-22(14-18)26-23(24)25-15-20-11-5-6-12-21(20)17-27-16-19-9-3-2-4-10-19/h2-14H,15-17H2,1H3,(H3,24,25,26). The molecule has 0 fully saturated rings. The molecule has 27 heavy (non-hydrogen) atoms. The zero-order chi connectivity index (χ0) is 18.9. The number of rotatable bonds is 7. The molecule has 0 spiro atoms. The molecule has 0 aromatic heterocycles. The SMILES string of the molecule is Cc1cccc(NC(N)=NCc2ccccc2COCc2ccccc2)c1. The minimum atomic E-state index is 0.403. The summed E-state index contributed by atoms with van der Waals surface area (Å²) >= 11 is 0. The topological polar surface area (TPSA) is 59.6 Å². The number of hydrogen-bond donors (Lipinski definition) is 2. The normalized spacial score (nSPS) is 11.4. The van der Waals surface area contributed by atoms with Crippen LogP contribution in [0.1, 0.15) is 22.3 Å². The molecule has 0 saturated carbocycles. The molecule has 0 radical (unpaired) electrons. The van der Waals surface area contributed by atoms with Crippen LogP contribution in [0.25, 0.3) is 0 Å². The van der Waals surface area contributed by atoms with Crippen molar-refractivity contribution in [2.75, 3.05) is 5.32 Å². The van der Waals surface area contributed by atoms with Crippen LogP contribution in [0.15, 0.2) is 83.9 Å². The predicted molar refractivity (Wildman–Crippen MR) is 112 cm³/mol. The molecule has 0 unspecified atom stereocenters. The van der Waals surface area contributed by atoms with Gasteiger partial charge in [-0.3, -0.25) is 0 Å². The highest BCUT2D eigenvalue weighted by molar-refractivity contribution is 5.92. The fourth-order valence-corrected chi connectivity index (χ4v) is 2.79. The lowest BCUT2D eigenvalue weighted by Crippen LogP contribution is -2.22. The number of nitrogens with two attached hydrogens (primary N) is 1. The van der Waals surface area contributed by atoms with Gasteiger partial charge in [-0.25, -0.2) is 4.99 Å². The molecule has 0 aliphatic rings. The van der Waals surface area contributed by atoms with Crippen LogP contribution in [-0.2, 0) is 24.5 Å². The van der Waals surface area contributed by atoms with Gasteiger partial charge < -0.3 is 15.8 Å². The molecule has 3 N–H and O–H groups in total. The van der Waals surface area contributed by atoms with Crippen molar-refractivity contribution in [3.05, 3.63) is 101 Å². The van der Waals surface area contributed by atoms with Gasteiger partial charge in [-0.15, -0.1) is 0 Å². The van der Waals surface area contributed by atoms with Crippen LogP contribution >= 0.6 is 0 Å². The minimum Gasteiger partial charge on any atom is -0.372 e. The van der Waals surface area contributed by atoms with Gasteiger partial charge >= 0.3 is 0 Å². The summed E-state index contributed by atoms with van der Waals surface area (Å²) in [6.07, 6.45) is 0. The first-order valence-electron chi connectivity index (χ1n) is 9.03. The average molecular weight is 359 g/mol. The predicted octanol–water partition coefficient (Wildman–Crippen LogP) is 4.64. The summed E-state index contributed by atoms with van der Waals surface area (Å²) in [6.45, 7) is 3.70. The maximum Gasteiger partial charge on any atom is 0.193 e. The lowest BCUT2D eigenvalue weighted by molar-refractivity contribution is 0.106. The van der Waals surface area contributed by atoms with E-state index in [-0.39, 0.29) is 0 Å². The van der Waals surface area contributed by atoms with Crippen LogP contribution in [-0.4, -0.2) is 5.96 Å². The van der Waals surface area contributed by atoms with Crippen LogP contribution in [0, 0.1) is 6.92 Å². The van der Waals surface area contributed by atoms with E-state index in [0.29, 0.717) is 25.7 Å². The van der Waals surface area contributed by atoms with Crippen LogP contribution in [0.3, 0.4) is 0 Å². The number of anilines is 1. The Morgan fingerprint density at radius 2 is 1.63 bits per heavy atom. The minimum absolute atomic E-state index is 0.403. The van der Waals surface area contributed by atoms with E-state index in [1.54, 1.807) is 0 Å². The van der Waals surface area contributed by atoms with E-state index in [1.165, 1.54) is 11.1 Å². The molecule has 0 atom stereocenters. The summed E-state index contributed by atoms with van der Waals surface area (Å²) in [6, 6.07) is 26.4. The fraction of sp³-hybridized carbons (Fsp3) is 0.174. The van der Waals surface area contributed by atoms with Gasteiger partial charge in [0.2, 0.25) is 0 Å². The lowest BCUT2D eigenvalue weighted by atomic mass is 10.1. The third-order valence-corrected chi connectivity index (χ3v) is 4.20. The van der Waals surface area contributed by atoms with Crippen LogP contribution in [0.4, 0.5) is 5.69 Å². The molecule has 0 bridgehead atoms. The van der Waals surface area contributed by atoms with Crippen molar-refractivity contribution >= 4 is 11.6 Å². The van der Waals surface area contributed by atoms with E-state index >= 15 is 0 Å². The van der Waals surface area contributed by atoms with Gasteiger partial charge in [-0.2, -0.15) is 0 Å². The molecule has 0 heterocycles. The second-order valence-electron chi connectivity index (χ2n) is 6.44. The summed E-state index contributed by atoms with van der Waals surface area (Å²) in [7, 11) is 0. The number of nitrogens with one attached hydrogen (secondary N) is 1. The van der Waals surface area contributed by atoms with Gasteiger partial charge in [0.05, 0.1) is 19.8 Å². The van der Waals surface area contributed by atoms with E-state index in [9.17, 15) is 0 Å². The molecule has 0 amide bonds. The fourth-order valence-electron chi connectivity index (χ4n) is 2.79. The summed E-state index contributed by atoms with van der Waals surface area (Å²) in [5.41, 5.74) is 11.6. The first kappa shape index (κ1) is 18.7. The van der Waals surface area contributed by atoms with Crippen molar-refractivity contribution in [1.29, 1.82) is 0 Å². The second-order valence-corrected chi connectivity index (χ2v) is 6.44. The van der Waals surface area contributed by atoms with Crippen molar-refractivity contribution in [3.63, 3.8) is 0 Å². The molecule has 0 aliphatic heterocycles. The molecule has 3 rings (SSSR count). The van der Waals surface area contributed by atoms with Gasteiger partial charge in [0.15, 0.2) is 5.96 Å².